The van der Waals surface area contributed by atoms with E-state index in [0.29, 0.717) is 11.5 Å². The normalized spacial score (nSPS) is 11.9. The zero-order valence-corrected chi connectivity index (χ0v) is 9.61. The SMILES string of the molecule is CN[C@H](C(N)=O)c1ccc(OC)c(OC)c1. The van der Waals surface area contributed by atoms with Crippen molar-refractivity contribution in [2.45, 2.75) is 6.04 Å². The summed E-state index contributed by atoms with van der Waals surface area (Å²) < 4.78 is 10.2. The molecule has 0 saturated heterocycles. The molecule has 1 rings (SSSR count). The second kappa shape index (κ2) is 5.37. The minimum atomic E-state index is -0.528. The highest BCUT2D eigenvalue weighted by atomic mass is 16.5. The molecule has 0 heterocycles. The number of nitrogens with one attached hydrogen (secondary N) is 1. The number of primary amides is 1. The van der Waals surface area contributed by atoms with Crippen molar-refractivity contribution >= 4 is 5.91 Å². The molecule has 88 valence electrons. The lowest BCUT2D eigenvalue weighted by Crippen LogP contribution is -2.31. The summed E-state index contributed by atoms with van der Waals surface area (Å²) in [5.41, 5.74) is 6.01. The standard InChI is InChI=1S/C11H16N2O3/c1-13-10(11(12)14)7-4-5-8(15-2)9(6-7)16-3/h4-6,10,13H,1-3H3,(H2,12,14)/t10-/m0/s1. The number of methoxy groups -OCH3 is 2. The van der Waals surface area contributed by atoms with Crippen LogP contribution in [0, 0.1) is 0 Å². The van der Waals surface area contributed by atoms with Crippen molar-refractivity contribution < 1.29 is 14.3 Å². The lowest BCUT2D eigenvalue weighted by Gasteiger charge is -2.15. The minimum Gasteiger partial charge on any atom is -0.493 e. The number of benzene rings is 1. The van der Waals surface area contributed by atoms with Gasteiger partial charge in [-0.25, -0.2) is 0 Å². The summed E-state index contributed by atoms with van der Waals surface area (Å²) in [6.45, 7) is 0. The van der Waals surface area contributed by atoms with E-state index in [1.54, 1.807) is 39.5 Å². The Hall–Kier alpha value is -1.75. The highest BCUT2D eigenvalue weighted by Crippen LogP contribution is 2.29. The van der Waals surface area contributed by atoms with Gasteiger partial charge in [-0.1, -0.05) is 6.07 Å². The Labute approximate surface area is 94.5 Å². The fourth-order valence-corrected chi connectivity index (χ4v) is 1.51. The van der Waals surface area contributed by atoms with Crippen LogP contribution in [-0.2, 0) is 4.79 Å². The lowest BCUT2D eigenvalue weighted by atomic mass is 10.1. The van der Waals surface area contributed by atoms with Crippen LogP contribution in [0.4, 0.5) is 0 Å². The average molecular weight is 224 g/mol. The number of hydrogen-bond acceptors (Lipinski definition) is 4. The van der Waals surface area contributed by atoms with Crippen LogP contribution in [-0.4, -0.2) is 27.2 Å². The zero-order chi connectivity index (χ0) is 12.1. The van der Waals surface area contributed by atoms with Crippen molar-refractivity contribution in [1.29, 1.82) is 0 Å². The maximum Gasteiger partial charge on any atom is 0.239 e. The molecule has 0 aromatic heterocycles. The highest BCUT2D eigenvalue weighted by molar-refractivity contribution is 5.81. The molecule has 0 fully saturated rings. The van der Waals surface area contributed by atoms with Crippen LogP contribution in [0.2, 0.25) is 0 Å². The summed E-state index contributed by atoms with van der Waals surface area (Å²) >= 11 is 0. The summed E-state index contributed by atoms with van der Waals surface area (Å²) in [6.07, 6.45) is 0. The summed E-state index contributed by atoms with van der Waals surface area (Å²) in [5, 5.41) is 2.84. The van der Waals surface area contributed by atoms with Gasteiger partial charge in [-0.2, -0.15) is 0 Å². The van der Waals surface area contributed by atoms with E-state index >= 15 is 0 Å². The summed E-state index contributed by atoms with van der Waals surface area (Å²) in [4.78, 5) is 11.2. The number of ether oxygens (including phenoxy) is 2. The van der Waals surface area contributed by atoms with Gasteiger partial charge >= 0.3 is 0 Å². The van der Waals surface area contributed by atoms with E-state index in [9.17, 15) is 4.79 Å². The molecule has 0 radical (unpaired) electrons. The highest BCUT2D eigenvalue weighted by Gasteiger charge is 2.17. The summed E-state index contributed by atoms with van der Waals surface area (Å²) in [5.74, 6) is 0.752. The zero-order valence-electron chi connectivity index (χ0n) is 9.61. The minimum absolute atomic E-state index is 0.435. The number of likely N-dealkylation sites (N-methyl/N-ethyl adjacent to an activating group) is 1. The third-order valence-electron chi connectivity index (χ3n) is 2.31. The monoisotopic (exact) mass is 224 g/mol. The molecule has 3 N–H and O–H groups in total. The van der Waals surface area contributed by atoms with Crippen molar-refractivity contribution in [2.24, 2.45) is 5.73 Å². The maximum absolute atomic E-state index is 11.2. The van der Waals surface area contributed by atoms with E-state index in [4.69, 9.17) is 15.2 Å². The number of amides is 1. The molecule has 1 aromatic rings. The molecule has 1 atom stereocenters. The van der Waals surface area contributed by atoms with E-state index in [1.807, 2.05) is 0 Å². The summed E-state index contributed by atoms with van der Waals surface area (Å²) in [7, 11) is 4.77. The number of rotatable bonds is 5. The quantitative estimate of drug-likeness (QED) is 0.761. The van der Waals surface area contributed by atoms with Gasteiger partial charge in [-0.05, 0) is 24.7 Å². The molecular weight excluding hydrogens is 208 g/mol. The Kier molecular flexibility index (Phi) is 4.13. The van der Waals surface area contributed by atoms with Crippen LogP contribution in [0.25, 0.3) is 0 Å². The van der Waals surface area contributed by atoms with Crippen molar-refractivity contribution in [1.82, 2.24) is 5.32 Å². The molecule has 16 heavy (non-hydrogen) atoms. The smallest absolute Gasteiger partial charge is 0.239 e. The van der Waals surface area contributed by atoms with Crippen LogP contribution in [0.15, 0.2) is 18.2 Å². The average Bonchev–Trinajstić information content (AvgIpc) is 2.29. The molecule has 0 spiro atoms. The van der Waals surface area contributed by atoms with E-state index in [2.05, 4.69) is 5.32 Å². The topological polar surface area (TPSA) is 73.6 Å². The first kappa shape index (κ1) is 12.3. The van der Waals surface area contributed by atoms with Crippen LogP contribution < -0.4 is 20.5 Å². The predicted octanol–water partition coefficient (Wildman–Crippen LogP) is 0.450. The van der Waals surface area contributed by atoms with Gasteiger partial charge in [0.2, 0.25) is 5.91 Å². The van der Waals surface area contributed by atoms with E-state index in [-0.39, 0.29) is 0 Å². The Bertz CT molecular complexity index is 379. The number of carbonyl (C=O) groups is 1. The predicted molar refractivity (Wildman–Crippen MR) is 60.5 cm³/mol. The van der Waals surface area contributed by atoms with Gasteiger partial charge in [-0.3, -0.25) is 4.79 Å². The molecule has 0 aliphatic rings. The van der Waals surface area contributed by atoms with Crippen molar-refractivity contribution in [3.63, 3.8) is 0 Å². The van der Waals surface area contributed by atoms with Crippen molar-refractivity contribution in [2.75, 3.05) is 21.3 Å². The molecule has 5 nitrogen and oxygen atoms in total. The van der Waals surface area contributed by atoms with E-state index in [1.165, 1.54) is 0 Å². The number of carbonyl (C=O) groups excluding carboxylic acids is 1. The molecule has 1 aromatic carbocycles. The second-order valence-electron chi connectivity index (χ2n) is 3.24. The van der Waals surface area contributed by atoms with Gasteiger partial charge in [0.15, 0.2) is 11.5 Å². The van der Waals surface area contributed by atoms with Crippen LogP contribution >= 0.6 is 0 Å². The van der Waals surface area contributed by atoms with Gasteiger partial charge in [0.05, 0.1) is 14.2 Å². The van der Waals surface area contributed by atoms with Gasteiger partial charge in [0, 0.05) is 0 Å². The Morgan fingerprint density at radius 1 is 1.31 bits per heavy atom. The second-order valence-corrected chi connectivity index (χ2v) is 3.24. The Morgan fingerprint density at radius 3 is 2.38 bits per heavy atom. The third kappa shape index (κ3) is 2.43. The number of nitrogens with two attached hydrogens (primary N) is 1. The number of hydrogen-bond donors (Lipinski definition) is 2. The molecule has 5 heteroatoms. The van der Waals surface area contributed by atoms with Crippen LogP contribution in [0.1, 0.15) is 11.6 Å². The molecule has 0 saturated carbocycles. The van der Waals surface area contributed by atoms with E-state index < -0.39 is 11.9 Å². The summed E-state index contributed by atoms with van der Waals surface area (Å²) in [6, 6.07) is 4.71. The van der Waals surface area contributed by atoms with Gasteiger partial charge in [0.25, 0.3) is 0 Å². The fraction of sp³-hybridized carbons (Fsp3) is 0.364. The maximum atomic E-state index is 11.2. The molecule has 1 amide bonds. The first-order valence-electron chi connectivity index (χ1n) is 4.82. The van der Waals surface area contributed by atoms with E-state index in [0.717, 1.165) is 5.56 Å². The van der Waals surface area contributed by atoms with Crippen LogP contribution in [0.3, 0.4) is 0 Å². The molecule has 0 aliphatic heterocycles. The van der Waals surface area contributed by atoms with Gasteiger partial charge in [0.1, 0.15) is 6.04 Å². The van der Waals surface area contributed by atoms with Crippen LogP contribution in [0.5, 0.6) is 11.5 Å². The lowest BCUT2D eigenvalue weighted by molar-refractivity contribution is -0.120. The third-order valence-corrected chi connectivity index (χ3v) is 2.31. The largest absolute Gasteiger partial charge is 0.493 e. The fourth-order valence-electron chi connectivity index (χ4n) is 1.51. The molecule has 0 unspecified atom stereocenters. The van der Waals surface area contributed by atoms with Crippen molar-refractivity contribution in [3.05, 3.63) is 23.8 Å². The molecule has 0 bridgehead atoms. The molecular formula is C11H16N2O3. The Morgan fingerprint density at radius 2 is 1.94 bits per heavy atom. The first-order valence-corrected chi connectivity index (χ1v) is 4.82. The van der Waals surface area contributed by atoms with Gasteiger partial charge < -0.3 is 20.5 Å². The first-order chi connectivity index (χ1) is 7.63. The van der Waals surface area contributed by atoms with Gasteiger partial charge in [-0.15, -0.1) is 0 Å². The Balaban J connectivity index is 3.11. The van der Waals surface area contributed by atoms with Crippen molar-refractivity contribution in [3.8, 4) is 11.5 Å². The molecule has 0 aliphatic carbocycles.